The van der Waals surface area contributed by atoms with Crippen LogP contribution < -0.4 is 11.1 Å². The van der Waals surface area contributed by atoms with Crippen LogP contribution in [0.5, 0.6) is 0 Å². The highest BCUT2D eigenvalue weighted by molar-refractivity contribution is 7.90. The van der Waals surface area contributed by atoms with Crippen molar-refractivity contribution in [1.29, 1.82) is 0 Å². The highest BCUT2D eigenvalue weighted by Gasteiger charge is 2.29. The van der Waals surface area contributed by atoms with E-state index in [2.05, 4.69) is 5.32 Å². The van der Waals surface area contributed by atoms with Gasteiger partial charge in [0.05, 0.1) is 5.75 Å². The zero-order valence-electron chi connectivity index (χ0n) is 11.0. The molecule has 0 aromatic carbocycles. The minimum atomic E-state index is -2.93. The maximum atomic E-state index is 12.0. The van der Waals surface area contributed by atoms with Crippen molar-refractivity contribution in [3.63, 3.8) is 0 Å². The summed E-state index contributed by atoms with van der Waals surface area (Å²) in [4.78, 5) is 12.0. The summed E-state index contributed by atoms with van der Waals surface area (Å²) in [5.41, 5.74) is 5.68. The molecule has 1 saturated carbocycles. The van der Waals surface area contributed by atoms with Crippen LogP contribution in [0.1, 0.15) is 32.1 Å². The third-order valence-corrected chi connectivity index (χ3v) is 4.57. The van der Waals surface area contributed by atoms with Crippen LogP contribution >= 0.6 is 0 Å². The largest absolute Gasteiger partial charge is 0.356 e. The molecular formula is C12H24N2O3S. The van der Waals surface area contributed by atoms with Gasteiger partial charge >= 0.3 is 0 Å². The van der Waals surface area contributed by atoms with Crippen molar-refractivity contribution in [3.05, 3.63) is 0 Å². The number of carbonyl (C=O) groups excluding carboxylic acids is 1. The van der Waals surface area contributed by atoms with Gasteiger partial charge in [-0.3, -0.25) is 4.79 Å². The zero-order valence-corrected chi connectivity index (χ0v) is 11.8. The maximum Gasteiger partial charge on any atom is 0.223 e. The molecule has 3 N–H and O–H groups in total. The average Bonchev–Trinajstić information content (AvgIpc) is 2.33. The third kappa shape index (κ3) is 5.35. The van der Waals surface area contributed by atoms with Crippen LogP contribution in [0.3, 0.4) is 0 Å². The normalized spacial score (nSPS) is 24.8. The Balaban J connectivity index is 2.31. The minimum absolute atomic E-state index is 0.0157. The number of nitrogens with one attached hydrogen (secondary N) is 1. The van der Waals surface area contributed by atoms with Crippen LogP contribution in [0.25, 0.3) is 0 Å². The molecule has 1 rings (SSSR count). The fraction of sp³-hybridized carbons (Fsp3) is 0.917. The van der Waals surface area contributed by atoms with Gasteiger partial charge in [-0.1, -0.05) is 12.8 Å². The third-order valence-electron chi connectivity index (χ3n) is 3.54. The van der Waals surface area contributed by atoms with E-state index < -0.39 is 9.84 Å². The first-order valence-electron chi connectivity index (χ1n) is 6.59. The van der Waals surface area contributed by atoms with Crippen molar-refractivity contribution < 1.29 is 13.2 Å². The van der Waals surface area contributed by atoms with Gasteiger partial charge < -0.3 is 11.1 Å². The number of sulfone groups is 1. The number of hydrogen-bond donors (Lipinski definition) is 2. The van der Waals surface area contributed by atoms with Gasteiger partial charge in [0, 0.05) is 18.7 Å². The molecule has 18 heavy (non-hydrogen) atoms. The highest BCUT2D eigenvalue weighted by Crippen LogP contribution is 2.29. The molecule has 6 heteroatoms. The maximum absolute atomic E-state index is 12.0. The SMILES string of the molecule is CS(=O)(=O)CCCNC(=O)C1CCCCC1CN. The summed E-state index contributed by atoms with van der Waals surface area (Å²) in [6.45, 7) is 0.987. The first kappa shape index (κ1) is 15.4. The lowest BCUT2D eigenvalue weighted by Gasteiger charge is -2.29. The van der Waals surface area contributed by atoms with E-state index in [4.69, 9.17) is 5.73 Å². The van der Waals surface area contributed by atoms with Gasteiger partial charge in [-0.15, -0.1) is 0 Å². The Morgan fingerprint density at radius 3 is 2.61 bits per heavy atom. The fourth-order valence-corrected chi connectivity index (χ4v) is 3.18. The topological polar surface area (TPSA) is 89.3 Å². The Hall–Kier alpha value is -0.620. The van der Waals surface area contributed by atoms with E-state index in [1.165, 1.54) is 6.26 Å². The van der Waals surface area contributed by atoms with E-state index in [1.54, 1.807) is 0 Å². The molecular weight excluding hydrogens is 252 g/mol. The molecule has 5 nitrogen and oxygen atoms in total. The molecule has 0 radical (unpaired) electrons. The molecule has 0 aromatic heterocycles. The molecule has 1 aliphatic rings. The van der Waals surface area contributed by atoms with Crippen LogP contribution in [-0.2, 0) is 14.6 Å². The lowest BCUT2D eigenvalue weighted by molar-refractivity contribution is -0.127. The number of amides is 1. The first-order chi connectivity index (χ1) is 8.44. The van der Waals surface area contributed by atoms with Crippen molar-refractivity contribution in [2.24, 2.45) is 17.6 Å². The van der Waals surface area contributed by atoms with Gasteiger partial charge in [-0.25, -0.2) is 8.42 Å². The first-order valence-corrected chi connectivity index (χ1v) is 8.65. The van der Waals surface area contributed by atoms with E-state index in [9.17, 15) is 13.2 Å². The van der Waals surface area contributed by atoms with E-state index >= 15 is 0 Å². The van der Waals surface area contributed by atoms with Crippen LogP contribution in [0, 0.1) is 11.8 Å². The summed E-state index contributed by atoms with van der Waals surface area (Å²) in [7, 11) is -2.93. The molecule has 1 aliphatic carbocycles. The predicted molar refractivity (Wildman–Crippen MR) is 71.8 cm³/mol. The lowest BCUT2D eigenvalue weighted by atomic mass is 9.79. The van der Waals surface area contributed by atoms with E-state index in [-0.39, 0.29) is 23.5 Å². The summed E-state index contributed by atoms with van der Waals surface area (Å²) in [6, 6.07) is 0. The van der Waals surface area contributed by atoms with Crippen molar-refractivity contribution in [2.45, 2.75) is 32.1 Å². The number of carbonyl (C=O) groups is 1. The Morgan fingerprint density at radius 1 is 1.33 bits per heavy atom. The van der Waals surface area contributed by atoms with Crippen LogP contribution in [-0.4, -0.2) is 39.4 Å². The second kappa shape index (κ2) is 7.09. The smallest absolute Gasteiger partial charge is 0.223 e. The number of hydrogen-bond acceptors (Lipinski definition) is 4. The van der Waals surface area contributed by atoms with Crippen LogP contribution in [0.2, 0.25) is 0 Å². The van der Waals surface area contributed by atoms with Gasteiger partial charge in [0.1, 0.15) is 9.84 Å². The summed E-state index contributed by atoms with van der Waals surface area (Å²) in [5.74, 6) is 0.465. The molecule has 0 bridgehead atoms. The van der Waals surface area contributed by atoms with Crippen LogP contribution in [0.15, 0.2) is 0 Å². The summed E-state index contributed by atoms with van der Waals surface area (Å²) >= 11 is 0. The van der Waals surface area contributed by atoms with Crippen molar-refractivity contribution in [1.82, 2.24) is 5.32 Å². The van der Waals surface area contributed by atoms with E-state index in [0.717, 1.165) is 25.7 Å². The highest BCUT2D eigenvalue weighted by atomic mass is 32.2. The van der Waals surface area contributed by atoms with Gasteiger partial charge in [-0.2, -0.15) is 0 Å². The number of nitrogens with two attached hydrogens (primary N) is 1. The van der Waals surface area contributed by atoms with Gasteiger partial charge in [0.15, 0.2) is 0 Å². The Kier molecular flexibility index (Phi) is 6.08. The molecule has 106 valence electrons. The molecule has 0 aliphatic heterocycles. The Bertz CT molecular complexity index is 368. The Labute approximate surface area is 109 Å². The standard InChI is InChI=1S/C12H24N2O3S/c1-18(16,17)8-4-7-14-12(15)11-6-3-2-5-10(11)9-13/h10-11H,2-9,13H2,1H3,(H,14,15). The monoisotopic (exact) mass is 276 g/mol. The molecule has 0 saturated heterocycles. The molecule has 2 unspecified atom stereocenters. The summed E-state index contributed by atoms with van der Waals surface area (Å²) in [5, 5.41) is 2.83. The predicted octanol–water partition coefficient (Wildman–Crippen LogP) is 0.302. The van der Waals surface area contributed by atoms with Gasteiger partial charge in [0.25, 0.3) is 0 Å². The molecule has 1 amide bonds. The summed E-state index contributed by atoms with van der Waals surface area (Å²) < 4.78 is 21.9. The number of rotatable bonds is 6. The molecule has 1 fully saturated rings. The molecule has 2 atom stereocenters. The van der Waals surface area contributed by atoms with E-state index in [1.807, 2.05) is 0 Å². The lowest BCUT2D eigenvalue weighted by Crippen LogP contribution is -2.40. The van der Waals surface area contributed by atoms with Crippen molar-refractivity contribution in [2.75, 3.05) is 25.1 Å². The second-order valence-corrected chi connectivity index (χ2v) is 7.42. The Morgan fingerprint density at radius 2 is 2.00 bits per heavy atom. The van der Waals surface area contributed by atoms with Crippen molar-refractivity contribution >= 4 is 15.7 Å². The molecule has 0 aromatic rings. The van der Waals surface area contributed by atoms with Gasteiger partial charge in [-0.05, 0) is 31.7 Å². The quantitative estimate of drug-likeness (QED) is 0.683. The van der Waals surface area contributed by atoms with E-state index in [0.29, 0.717) is 19.5 Å². The van der Waals surface area contributed by atoms with Crippen molar-refractivity contribution in [3.8, 4) is 0 Å². The second-order valence-electron chi connectivity index (χ2n) is 5.16. The minimum Gasteiger partial charge on any atom is -0.356 e. The molecule has 0 heterocycles. The van der Waals surface area contributed by atoms with Crippen LogP contribution in [0.4, 0.5) is 0 Å². The zero-order chi connectivity index (χ0) is 13.6. The van der Waals surface area contributed by atoms with Gasteiger partial charge in [0.2, 0.25) is 5.91 Å². The summed E-state index contributed by atoms with van der Waals surface area (Å²) in [6.07, 6.45) is 5.85. The molecule has 0 spiro atoms. The average molecular weight is 276 g/mol. The fourth-order valence-electron chi connectivity index (χ4n) is 2.51.